The number of para-hydroxylation sites is 1. The summed E-state index contributed by atoms with van der Waals surface area (Å²) in [5.41, 5.74) is 1.96. The number of nitro groups is 2. The Balaban J connectivity index is 1.74. The van der Waals surface area contributed by atoms with Crippen LogP contribution in [0.3, 0.4) is 0 Å². The van der Waals surface area contributed by atoms with E-state index in [1.807, 2.05) is 19.1 Å². The Bertz CT molecular complexity index is 1430. The number of non-ortho nitro benzene ring substituents is 1. The zero-order valence-corrected chi connectivity index (χ0v) is 17.8. The van der Waals surface area contributed by atoms with Crippen molar-refractivity contribution in [2.75, 3.05) is 0 Å². The molecule has 166 valence electrons. The Morgan fingerprint density at radius 1 is 0.939 bits per heavy atom. The molecule has 0 saturated carbocycles. The summed E-state index contributed by atoms with van der Waals surface area (Å²) >= 11 is 0. The van der Waals surface area contributed by atoms with Gasteiger partial charge < -0.3 is 0 Å². The zero-order valence-electron chi connectivity index (χ0n) is 17.8. The van der Waals surface area contributed by atoms with Gasteiger partial charge in [0.15, 0.2) is 0 Å². The van der Waals surface area contributed by atoms with Crippen LogP contribution in [0.2, 0.25) is 0 Å². The maximum absolute atomic E-state index is 13.2. The van der Waals surface area contributed by atoms with E-state index in [-0.39, 0.29) is 28.9 Å². The molecule has 0 amide bonds. The molecule has 0 fully saturated rings. The lowest BCUT2D eigenvalue weighted by atomic mass is 10.0. The van der Waals surface area contributed by atoms with Gasteiger partial charge in [-0.15, -0.1) is 0 Å². The summed E-state index contributed by atoms with van der Waals surface area (Å²) < 4.78 is 1.54. The van der Waals surface area contributed by atoms with Gasteiger partial charge >= 0.3 is 0 Å². The Morgan fingerprint density at radius 3 is 2.33 bits per heavy atom. The van der Waals surface area contributed by atoms with Crippen LogP contribution < -0.4 is 5.56 Å². The molecule has 0 bridgehead atoms. The molecule has 0 radical (unpaired) electrons. The molecule has 33 heavy (non-hydrogen) atoms. The van der Waals surface area contributed by atoms with Crippen molar-refractivity contribution in [2.45, 2.75) is 26.3 Å². The molecular weight excluding hydrogens is 424 g/mol. The lowest BCUT2D eigenvalue weighted by molar-refractivity contribution is -0.384. The first-order chi connectivity index (χ1) is 15.9. The lowest BCUT2D eigenvalue weighted by Gasteiger charge is -2.14. The van der Waals surface area contributed by atoms with Crippen LogP contribution in [0, 0.1) is 20.2 Å². The van der Waals surface area contributed by atoms with Crippen molar-refractivity contribution in [1.82, 2.24) is 9.55 Å². The van der Waals surface area contributed by atoms with Crippen molar-refractivity contribution < 1.29 is 9.85 Å². The van der Waals surface area contributed by atoms with Crippen LogP contribution >= 0.6 is 0 Å². The molecule has 9 nitrogen and oxygen atoms in total. The van der Waals surface area contributed by atoms with E-state index in [0.717, 1.165) is 12.0 Å². The fourth-order valence-corrected chi connectivity index (χ4v) is 3.80. The standard InChI is InChI=1S/C24H20N4O5/c1-2-5-23-25-21-13-12-18(27(30)31)14-20(21)24(29)26(23)15-16-8-10-17(11-9-16)19-6-3-4-7-22(19)28(32)33/h3-4,6-14H,2,5,15H2,1H3. The first-order valence-corrected chi connectivity index (χ1v) is 10.4. The molecule has 0 spiro atoms. The second kappa shape index (κ2) is 8.99. The van der Waals surface area contributed by atoms with Gasteiger partial charge in [-0.25, -0.2) is 4.98 Å². The van der Waals surface area contributed by atoms with Gasteiger partial charge in [0, 0.05) is 24.6 Å². The summed E-state index contributed by atoms with van der Waals surface area (Å²) in [6, 6.07) is 17.8. The molecule has 0 N–H and O–H groups in total. The van der Waals surface area contributed by atoms with E-state index in [1.165, 1.54) is 28.8 Å². The molecular formula is C24H20N4O5. The molecule has 4 rings (SSSR count). The Hall–Kier alpha value is -4.40. The lowest BCUT2D eigenvalue weighted by Crippen LogP contribution is -2.26. The van der Waals surface area contributed by atoms with E-state index in [4.69, 9.17) is 0 Å². The topological polar surface area (TPSA) is 121 Å². The molecule has 0 aliphatic heterocycles. The Kier molecular flexibility index (Phi) is 5.95. The van der Waals surface area contributed by atoms with Crippen molar-refractivity contribution in [3.63, 3.8) is 0 Å². The molecule has 0 aliphatic carbocycles. The fourth-order valence-electron chi connectivity index (χ4n) is 3.80. The largest absolute Gasteiger partial charge is 0.292 e. The van der Waals surface area contributed by atoms with E-state index in [1.54, 1.807) is 30.3 Å². The summed E-state index contributed by atoms with van der Waals surface area (Å²) in [6.45, 7) is 2.22. The van der Waals surface area contributed by atoms with Crippen LogP contribution in [0.1, 0.15) is 24.7 Å². The highest BCUT2D eigenvalue weighted by Gasteiger charge is 2.16. The number of hydrogen-bond donors (Lipinski definition) is 0. The van der Waals surface area contributed by atoms with Crippen LogP contribution in [0.25, 0.3) is 22.0 Å². The second-order valence-electron chi connectivity index (χ2n) is 7.60. The number of nitrogens with zero attached hydrogens (tertiary/aromatic N) is 4. The van der Waals surface area contributed by atoms with Gasteiger partial charge in [0.1, 0.15) is 5.82 Å². The third-order valence-corrected chi connectivity index (χ3v) is 5.41. The van der Waals surface area contributed by atoms with Crippen LogP contribution in [0.15, 0.2) is 71.5 Å². The summed E-state index contributed by atoms with van der Waals surface area (Å²) in [5, 5.41) is 22.7. The van der Waals surface area contributed by atoms with Crippen LogP contribution in [-0.4, -0.2) is 19.4 Å². The molecule has 0 saturated heterocycles. The normalized spacial score (nSPS) is 10.9. The van der Waals surface area contributed by atoms with E-state index in [0.29, 0.717) is 28.9 Å². The summed E-state index contributed by atoms with van der Waals surface area (Å²) in [6.07, 6.45) is 1.36. The first-order valence-electron chi connectivity index (χ1n) is 10.4. The molecule has 4 aromatic rings. The van der Waals surface area contributed by atoms with Crippen molar-refractivity contribution in [3.05, 3.63) is 109 Å². The van der Waals surface area contributed by atoms with Crippen LogP contribution in [0.5, 0.6) is 0 Å². The average molecular weight is 444 g/mol. The van der Waals surface area contributed by atoms with Crippen molar-refractivity contribution in [1.29, 1.82) is 0 Å². The maximum Gasteiger partial charge on any atom is 0.277 e. The number of fused-ring (bicyclic) bond motifs is 1. The van der Waals surface area contributed by atoms with Gasteiger partial charge in [-0.2, -0.15) is 0 Å². The van der Waals surface area contributed by atoms with Gasteiger partial charge in [0.05, 0.1) is 32.9 Å². The summed E-state index contributed by atoms with van der Waals surface area (Å²) in [5.74, 6) is 0.603. The number of rotatable bonds is 7. The van der Waals surface area contributed by atoms with E-state index in [2.05, 4.69) is 4.98 Å². The second-order valence-corrected chi connectivity index (χ2v) is 7.60. The smallest absolute Gasteiger partial charge is 0.277 e. The van der Waals surface area contributed by atoms with Gasteiger partial charge in [-0.1, -0.05) is 43.3 Å². The van der Waals surface area contributed by atoms with Crippen LogP contribution in [-0.2, 0) is 13.0 Å². The van der Waals surface area contributed by atoms with Crippen molar-refractivity contribution in [3.8, 4) is 11.1 Å². The number of aromatic nitrogens is 2. The van der Waals surface area contributed by atoms with E-state index >= 15 is 0 Å². The molecule has 9 heteroatoms. The maximum atomic E-state index is 13.2. The Labute approximate surface area is 188 Å². The first kappa shape index (κ1) is 21.8. The molecule has 1 heterocycles. The highest BCUT2D eigenvalue weighted by Crippen LogP contribution is 2.29. The molecule has 0 aliphatic rings. The molecule has 1 aromatic heterocycles. The number of nitro benzene ring substituents is 2. The van der Waals surface area contributed by atoms with Gasteiger partial charge in [-0.3, -0.25) is 29.6 Å². The number of hydrogen-bond acceptors (Lipinski definition) is 6. The summed E-state index contributed by atoms with van der Waals surface area (Å²) in [4.78, 5) is 39.3. The van der Waals surface area contributed by atoms with Gasteiger partial charge in [0.2, 0.25) is 0 Å². The average Bonchev–Trinajstić information content (AvgIpc) is 2.82. The van der Waals surface area contributed by atoms with Crippen molar-refractivity contribution in [2.24, 2.45) is 0 Å². The van der Waals surface area contributed by atoms with Crippen molar-refractivity contribution >= 4 is 22.3 Å². The zero-order chi connectivity index (χ0) is 23.5. The minimum atomic E-state index is -0.537. The third-order valence-electron chi connectivity index (χ3n) is 5.41. The van der Waals surface area contributed by atoms with Crippen LogP contribution in [0.4, 0.5) is 11.4 Å². The minimum Gasteiger partial charge on any atom is -0.292 e. The SMILES string of the molecule is CCCc1nc2ccc([N+](=O)[O-])cc2c(=O)n1Cc1ccc(-c2ccccc2[N+](=O)[O-])cc1. The minimum absolute atomic E-state index is 0.0204. The number of benzene rings is 3. The van der Waals surface area contributed by atoms with E-state index < -0.39 is 9.85 Å². The molecule has 3 aromatic carbocycles. The predicted octanol–water partition coefficient (Wildman–Crippen LogP) is 4.88. The quantitative estimate of drug-likeness (QED) is 0.296. The fraction of sp³-hybridized carbons (Fsp3) is 0.167. The van der Waals surface area contributed by atoms with Gasteiger partial charge in [0.25, 0.3) is 16.9 Å². The highest BCUT2D eigenvalue weighted by atomic mass is 16.6. The summed E-state index contributed by atoms with van der Waals surface area (Å²) in [7, 11) is 0. The highest BCUT2D eigenvalue weighted by molar-refractivity contribution is 5.80. The van der Waals surface area contributed by atoms with Gasteiger partial charge in [-0.05, 0) is 29.7 Å². The predicted molar refractivity (Wildman–Crippen MR) is 124 cm³/mol. The number of aryl methyl sites for hydroxylation is 1. The molecule has 0 atom stereocenters. The monoisotopic (exact) mass is 444 g/mol. The third kappa shape index (κ3) is 4.33. The Morgan fingerprint density at radius 2 is 1.67 bits per heavy atom. The van der Waals surface area contributed by atoms with E-state index in [9.17, 15) is 25.0 Å². The molecule has 0 unspecified atom stereocenters.